The highest BCUT2D eigenvalue weighted by Crippen LogP contribution is 2.31. The van der Waals surface area contributed by atoms with Crippen LogP contribution in [0.25, 0.3) is 0 Å². The van der Waals surface area contributed by atoms with Crippen molar-refractivity contribution >= 4 is 45.2 Å². The smallest absolute Gasteiger partial charge is 0.246 e. The first-order valence-electron chi connectivity index (χ1n) is 15.8. The van der Waals surface area contributed by atoms with E-state index in [0.29, 0.717) is 38.0 Å². The molecular formula is C33H45N5O5S2. The number of carbonyl (C=O) groups excluding carboxylic acids is 4. The van der Waals surface area contributed by atoms with E-state index in [-0.39, 0.29) is 24.2 Å². The molecule has 4 amide bonds. The second-order valence-corrected chi connectivity index (χ2v) is 14.2. The van der Waals surface area contributed by atoms with Crippen molar-refractivity contribution in [2.24, 2.45) is 5.92 Å². The minimum absolute atomic E-state index is 0.153. The number of aromatic nitrogens is 1. The zero-order valence-electron chi connectivity index (χ0n) is 26.3. The average molecular weight is 656 g/mol. The number of benzene rings is 1. The van der Waals surface area contributed by atoms with Gasteiger partial charge < -0.3 is 25.6 Å². The lowest BCUT2D eigenvalue weighted by Gasteiger charge is -2.34. The normalized spacial score (nSPS) is 23.2. The summed E-state index contributed by atoms with van der Waals surface area (Å²) in [6.45, 7) is 4.33. The maximum Gasteiger partial charge on any atom is 0.246 e. The molecule has 0 spiro atoms. The van der Waals surface area contributed by atoms with Gasteiger partial charge >= 0.3 is 0 Å². The van der Waals surface area contributed by atoms with Gasteiger partial charge in [0.05, 0.1) is 7.11 Å². The van der Waals surface area contributed by atoms with E-state index in [1.165, 1.54) is 0 Å². The van der Waals surface area contributed by atoms with E-state index in [2.05, 4.69) is 20.9 Å². The molecule has 2 saturated heterocycles. The Morgan fingerprint density at radius 2 is 1.64 bits per heavy atom. The number of carbonyl (C=O) groups is 4. The third kappa shape index (κ3) is 9.87. The number of pyridine rings is 1. The summed E-state index contributed by atoms with van der Waals surface area (Å²) in [5.74, 6) is 0.123. The number of hydrogen-bond donors (Lipinski definition) is 3. The van der Waals surface area contributed by atoms with Crippen LogP contribution in [-0.4, -0.2) is 77.1 Å². The molecule has 2 fully saturated rings. The highest BCUT2D eigenvalue weighted by Gasteiger charge is 2.41. The second-order valence-electron chi connectivity index (χ2n) is 11.7. The molecule has 5 atom stereocenters. The number of nitrogens with zero attached hydrogens (tertiary/aromatic N) is 2. The molecule has 1 aromatic carbocycles. The van der Waals surface area contributed by atoms with E-state index in [0.717, 1.165) is 35.5 Å². The van der Waals surface area contributed by atoms with E-state index in [1.807, 2.05) is 38.1 Å². The molecule has 2 aliphatic rings. The SMILES string of the molecule is CCC(C)[C@H]1NC(=O)[C@@H](Cc2ccc(OC)cc2)NC(=O)[C@H](CCCCCSSc2ccncc2)NC(=O)[C@H]2CCCN2C1=O. The van der Waals surface area contributed by atoms with Crippen LogP contribution in [0, 0.1) is 5.92 Å². The van der Waals surface area contributed by atoms with E-state index in [4.69, 9.17) is 4.74 Å². The third-order valence-corrected chi connectivity index (χ3v) is 11.0. The predicted molar refractivity (Wildman–Crippen MR) is 178 cm³/mol. The molecular weight excluding hydrogens is 611 g/mol. The Morgan fingerprint density at radius 3 is 2.36 bits per heavy atom. The Balaban J connectivity index is 1.48. The van der Waals surface area contributed by atoms with Crippen molar-refractivity contribution in [3.8, 4) is 5.75 Å². The first kappa shape index (κ1) is 34.6. The summed E-state index contributed by atoms with van der Waals surface area (Å²) >= 11 is 0. The standard InChI is InChI=1S/C33H45N5O5S2/c1-4-22(2)29-33(42)38-19-8-10-28(38)32(41)35-26(9-6-5-7-20-44-45-25-15-17-34-18-16-25)30(39)36-27(31(40)37-29)21-23-11-13-24(43-3)14-12-23/h11-18,22,26-29H,4-10,19-21H2,1-3H3,(H,35,41)(H,36,39)(H,37,40)/t22?,26-,27+,28+,29+/m0/s1. The number of methoxy groups -OCH3 is 1. The lowest BCUT2D eigenvalue weighted by atomic mass is 9.95. The molecule has 10 nitrogen and oxygen atoms in total. The van der Waals surface area contributed by atoms with Gasteiger partial charge in [0, 0.05) is 36.0 Å². The molecule has 1 aromatic heterocycles. The minimum Gasteiger partial charge on any atom is -0.497 e. The van der Waals surface area contributed by atoms with E-state index in [9.17, 15) is 19.2 Å². The lowest BCUT2D eigenvalue weighted by Crippen LogP contribution is -2.62. The Morgan fingerprint density at radius 1 is 0.933 bits per heavy atom. The number of hydrogen-bond acceptors (Lipinski definition) is 8. The predicted octanol–water partition coefficient (Wildman–Crippen LogP) is 4.14. The van der Waals surface area contributed by atoms with Crippen LogP contribution in [0.1, 0.15) is 64.4 Å². The molecule has 4 rings (SSSR count). The molecule has 0 radical (unpaired) electrons. The first-order chi connectivity index (χ1) is 21.8. The summed E-state index contributed by atoms with van der Waals surface area (Å²) in [5.41, 5.74) is 0.831. The van der Waals surface area contributed by atoms with Crippen LogP contribution in [0.4, 0.5) is 0 Å². The number of nitrogens with one attached hydrogen (secondary N) is 3. The second kappa shape index (κ2) is 17.4. The largest absolute Gasteiger partial charge is 0.497 e. The molecule has 3 N–H and O–H groups in total. The summed E-state index contributed by atoms with van der Waals surface area (Å²) in [4.78, 5) is 61.7. The van der Waals surface area contributed by atoms with Crippen molar-refractivity contribution in [3.63, 3.8) is 0 Å². The zero-order chi connectivity index (χ0) is 32.2. The van der Waals surface area contributed by atoms with Crippen LogP contribution in [0.5, 0.6) is 5.75 Å². The zero-order valence-corrected chi connectivity index (χ0v) is 28.0. The number of unbranched alkanes of at least 4 members (excludes halogenated alkanes) is 2. The molecule has 0 saturated carbocycles. The van der Waals surface area contributed by atoms with E-state index < -0.39 is 36.0 Å². The highest BCUT2D eigenvalue weighted by molar-refractivity contribution is 8.76. The van der Waals surface area contributed by atoms with Gasteiger partial charge in [0.2, 0.25) is 23.6 Å². The Hall–Kier alpha value is -3.25. The fourth-order valence-corrected chi connectivity index (χ4v) is 7.74. The maximum atomic E-state index is 13.8. The minimum atomic E-state index is -0.930. The number of ether oxygens (including phenoxy) is 1. The fourth-order valence-electron chi connectivity index (χ4n) is 5.62. The number of fused-ring (bicyclic) bond motifs is 1. The topological polar surface area (TPSA) is 130 Å². The van der Waals surface area contributed by atoms with Crippen LogP contribution in [0.3, 0.4) is 0 Å². The summed E-state index contributed by atoms with van der Waals surface area (Å²) in [6.07, 6.45) is 8.70. The van der Waals surface area contributed by atoms with Gasteiger partial charge in [0.15, 0.2) is 0 Å². The fraction of sp³-hybridized carbons (Fsp3) is 0.545. The summed E-state index contributed by atoms with van der Waals surface area (Å²) in [6, 6.07) is 8.08. The van der Waals surface area contributed by atoms with Gasteiger partial charge in [-0.3, -0.25) is 24.2 Å². The van der Waals surface area contributed by atoms with Gasteiger partial charge in [-0.1, -0.05) is 66.8 Å². The first-order valence-corrected chi connectivity index (χ1v) is 18.2. The lowest BCUT2D eigenvalue weighted by molar-refractivity contribution is -0.144. The number of amides is 4. The molecule has 244 valence electrons. The van der Waals surface area contributed by atoms with Gasteiger partial charge in [0.25, 0.3) is 0 Å². The van der Waals surface area contributed by atoms with Crippen LogP contribution in [0.15, 0.2) is 53.7 Å². The van der Waals surface area contributed by atoms with Crippen LogP contribution >= 0.6 is 21.6 Å². The maximum absolute atomic E-state index is 13.8. The van der Waals surface area contributed by atoms with Crippen molar-refractivity contribution in [1.29, 1.82) is 0 Å². The quantitative estimate of drug-likeness (QED) is 0.217. The van der Waals surface area contributed by atoms with Crippen LogP contribution in [0.2, 0.25) is 0 Å². The summed E-state index contributed by atoms with van der Waals surface area (Å²) in [7, 11) is 5.08. The summed E-state index contributed by atoms with van der Waals surface area (Å²) < 4.78 is 5.27. The molecule has 2 aliphatic heterocycles. The van der Waals surface area contributed by atoms with Gasteiger partial charge in [-0.2, -0.15) is 0 Å². The van der Waals surface area contributed by atoms with Gasteiger partial charge in [-0.15, -0.1) is 0 Å². The van der Waals surface area contributed by atoms with Crippen molar-refractivity contribution < 1.29 is 23.9 Å². The van der Waals surface area contributed by atoms with Crippen molar-refractivity contribution in [2.75, 3.05) is 19.4 Å². The van der Waals surface area contributed by atoms with Crippen molar-refractivity contribution in [3.05, 3.63) is 54.4 Å². The van der Waals surface area contributed by atoms with Crippen LogP contribution in [-0.2, 0) is 25.6 Å². The Bertz CT molecular complexity index is 1280. The molecule has 3 heterocycles. The molecule has 12 heteroatoms. The van der Waals surface area contributed by atoms with E-state index in [1.54, 1.807) is 58.1 Å². The molecule has 0 aliphatic carbocycles. The van der Waals surface area contributed by atoms with E-state index >= 15 is 0 Å². The van der Waals surface area contributed by atoms with Crippen molar-refractivity contribution in [2.45, 2.75) is 94.3 Å². The molecule has 2 aromatic rings. The molecule has 0 bridgehead atoms. The summed E-state index contributed by atoms with van der Waals surface area (Å²) in [5, 5.41) is 8.86. The Labute approximate surface area is 274 Å². The Kier molecular flexibility index (Phi) is 13.4. The van der Waals surface area contributed by atoms with Crippen LogP contribution < -0.4 is 20.7 Å². The van der Waals surface area contributed by atoms with Gasteiger partial charge in [0.1, 0.15) is 29.9 Å². The monoisotopic (exact) mass is 655 g/mol. The van der Waals surface area contributed by atoms with Gasteiger partial charge in [-0.05, 0) is 61.4 Å². The average Bonchev–Trinajstić information content (AvgIpc) is 3.56. The van der Waals surface area contributed by atoms with Crippen molar-refractivity contribution in [1.82, 2.24) is 25.8 Å². The number of rotatable bonds is 13. The molecule has 45 heavy (non-hydrogen) atoms. The molecule has 1 unspecified atom stereocenters. The highest BCUT2D eigenvalue weighted by atomic mass is 33.1. The third-order valence-electron chi connectivity index (χ3n) is 8.51. The van der Waals surface area contributed by atoms with Gasteiger partial charge in [-0.25, -0.2) is 0 Å².